The van der Waals surface area contributed by atoms with Gasteiger partial charge in [-0.15, -0.1) is 0 Å². The molecular weight excluding hydrogens is 120 g/mol. The Kier molecular flexibility index (Phi) is 5.26. The first-order chi connectivity index (χ1) is 4.27. The summed E-state index contributed by atoms with van der Waals surface area (Å²) in [4.78, 5) is 9.18. The fourth-order valence-electron chi connectivity index (χ4n) is 0.260. The molecule has 9 heavy (non-hydrogen) atoms. The van der Waals surface area contributed by atoms with Gasteiger partial charge >= 0.3 is 0 Å². The van der Waals surface area contributed by atoms with Crippen molar-refractivity contribution in [1.29, 1.82) is 0 Å². The molecule has 0 aliphatic rings. The van der Waals surface area contributed by atoms with Gasteiger partial charge in [0.2, 0.25) is 0 Å². The fourth-order valence-corrected chi connectivity index (χ4v) is 0.260. The van der Waals surface area contributed by atoms with Crippen LogP contribution in [-0.4, -0.2) is 20.3 Å². The van der Waals surface area contributed by atoms with E-state index in [9.17, 15) is 0 Å². The van der Waals surface area contributed by atoms with E-state index in [0.717, 1.165) is 0 Å². The van der Waals surface area contributed by atoms with Gasteiger partial charge in [-0.3, -0.25) is 0 Å². The summed E-state index contributed by atoms with van der Waals surface area (Å²) >= 11 is 0. The molecule has 0 spiro atoms. The second-order valence-electron chi connectivity index (χ2n) is 1.60. The smallest absolute Gasteiger partial charge is 0.132 e. The van der Waals surface area contributed by atoms with Gasteiger partial charge in [-0.25, -0.2) is 0 Å². The van der Waals surface area contributed by atoms with E-state index in [1.54, 1.807) is 14.0 Å². The molecule has 0 bridgehead atoms. The number of rotatable bonds is 5. The van der Waals surface area contributed by atoms with E-state index in [1.165, 1.54) is 0 Å². The number of hydrogen-bond acceptors (Lipinski definition) is 3. The standard InChI is InChI=1S/C6H12O3/c1-6(2)9-8-5-4-7-3/h1,4-5H2,2-3H3. The van der Waals surface area contributed by atoms with Crippen LogP contribution in [0.3, 0.4) is 0 Å². The summed E-state index contributed by atoms with van der Waals surface area (Å²) in [5.41, 5.74) is 0. The second-order valence-corrected chi connectivity index (χ2v) is 1.60. The van der Waals surface area contributed by atoms with Crippen molar-refractivity contribution in [3.8, 4) is 0 Å². The zero-order chi connectivity index (χ0) is 7.11. The van der Waals surface area contributed by atoms with Gasteiger partial charge in [-0.05, 0) is 6.92 Å². The van der Waals surface area contributed by atoms with E-state index in [1.807, 2.05) is 0 Å². The highest BCUT2D eigenvalue weighted by molar-refractivity contribution is 4.70. The molecule has 0 saturated carbocycles. The minimum atomic E-state index is 0.434. The first-order valence-corrected chi connectivity index (χ1v) is 2.71. The van der Waals surface area contributed by atoms with Crippen molar-refractivity contribution in [2.45, 2.75) is 6.92 Å². The normalized spacial score (nSPS) is 9.11. The third-order valence-corrected chi connectivity index (χ3v) is 0.572. The van der Waals surface area contributed by atoms with Gasteiger partial charge in [-0.1, -0.05) is 6.58 Å². The maximum Gasteiger partial charge on any atom is 0.132 e. The van der Waals surface area contributed by atoms with E-state index < -0.39 is 0 Å². The van der Waals surface area contributed by atoms with Gasteiger partial charge < -0.3 is 9.62 Å². The minimum absolute atomic E-state index is 0.434. The zero-order valence-electron chi connectivity index (χ0n) is 5.85. The molecule has 0 unspecified atom stereocenters. The molecule has 54 valence electrons. The Morgan fingerprint density at radius 3 is 2.56 bits per heavy atom. The minimum Gasteiger partial charge on any atom is -0.382 e. The summed E-state index contributed by atoms with van der Waals surface area (Å²) in [6.07, 6.45) is 0. The summed E-state index contributed by atoms with van der Waals surface area (Å²) in [5, 5.41) is 0. The SMILES string of the molecule is C=C(C)OOCCOC. The maximum atomic E-state index is 4.69. The fraction of sp³-hybridized carbons (Fsp3) is 0.667. The van der Waals surface area contributed by atoms with Crippen LogP contribution in [0.1, 0.15) is 6.92 Å². The molecule has 0 aliphatic carbocycles. The topological polar surface area (TPSA) is 27.7 Å². The summed E-state index contributed by atoms with van der Waals surface area (Å²) in [5.74, 6) is 0.547. The molecule has 0 amide bonds. The molecule has 0 aliphatic heterocycles. The molecule has 0 aromatic rings. The molecule has 0 atom stereocenters. The van der Waals surface area contributed by atoms with Crippen LogP contribution in [0, 0.1) is 0 Å². The van der Waals surface area contributed by atoms with E-state index in [0.29, 0.717) is 19.0 Å². The number of ether oxygens (including phenoxy) is 1. The van der Waals surface area contributed by atoms with E-state index >= 15 is 0 Å². The van der Waals surface area contributed by atoms with E-state index in [-0.39, 0.29) is 0 Å². The monoisotopic (exact) mass is 132 g/mol. The van der Waals surface area contributed by atoms with Crippen molar-refractivity contribution in [1.82, 2.24) is 0 Å². The van der Waals surface area contributed by atoms with Crippen LogP contribution < -0.4 is 0 Å². The Bertz CT molecular complexity index is 80.4. The van der Waals surface area contributed by atoms with Gasteiger partial charge in [0.1, 0.15) is 12.4 Å². The molecular formula is C6H12O3. The van der Waals surface area contributed by atoms with Crippen LogP contribution in [-0.2, 0) is 14.5 Å². The van der Waals surface area contributed by atoms with Gasteiger partial charge in [0.15, 0.2) is 0 Å². The van der Waals surface area contributed by atoms with Crippen molar-refractivity contribution in [2.24, 2.45) is 0 Å². The lowest BCUT2D eigenvalue weighted by atomic mass is 10.7. The van der Waals surface area contributed by atoms with Crippen LogP contribution in [0.25, 0.3) is 0 Å². The molecule has 0 radical (unpaired) electrons. The average Bonchev–Trinajstić information content (AvgIpc) is 1.80. The molecule has 0 heterocycles. The molecule has 0 fully saturated rings. The predicted molar refractivity (Wildman–Crippen MR) is 33.7 cm³/mol. The molecule has 0 aromatic carbocycles. The molecule has 0 N–H and O–H groups in total. The average molecular weight is 132 g/mol. The zero-order valence-corrected chi connectivity index (χ0v) is 5.85. The van der Waals surface area contributed by atoms with Gasteiger partial charge in [0.05, 0.1) is 6.61 Å². The molecule has 3 heteroatoms. The number of allylic oxidation sites excluding steroid dienone is 1. The Hall–Kier alpha value is -0.540. The lowest BCUT2D eigenvalue weighted by molar-refractivity contribution is -0.265. The van der Waals surface area contributed by atoms with Crippen LogP contribution in [0.4, 0.5) is 0 Å². The Labute approximate surface area is 55.1 Å². The summed E-state index contributed by atoms with van der Waals surface area (Å²) in [6.45, 7) is 6.15. The number of methoxy groups -OCH3 is 1. The van der Waals surface area contributed by atoms with Gasteiger partial charge in [-0.2, -0.15) is 4.89 Å². The highest BCUT2D eigenvalue weighted by Gasteiger charge is 1.85. The Morgan fingerprint density at radius 1 is 1.44 bits per heavy atom. The van der Waals surface area contributed by atoms with Crippen molar-refractivity contribution in [3.63, 3.8) is 0 Å². The molecule has 3 nitrogen and oxygen atoms in total. The van der Waals surface area contributed by atoms with E-state index in [4.69, 9.17) is 0 Å². The lowest BCUT2D eigenvalue weighted by Crippen LogP contribution is -2.01. The van der Waals surface area contributed by atoms with Crippen LogP contribution in [0.15, 0.2) is 12.3 Å². The molecule has 0 aromatic heterocycles. The first kappa shape index (κ1) is 8.46. The summed E-state index contributed by atoms with van der Waals surface area (Å²) < 4.78 is 4.69. The van der Waals surface area contributed by atoms with Crippen LogP contribution in [0.5, 0.6) is 0 Å². The Morgan fingerprint density at radius 2 is 2.11 bits per heavy atom. The van der Waals surface area contributed by atoms with Crippen molar-refractivity contribution >= 4 is 0 Å². The predicted octanol–water partition coefficient (Wildman–Crippen LogP) is 1.11. The quantitative estimate of drug-likeness (QED) is 0.243. The van der Waals surface area contributed by atoms with E-state index in [2.05, 4.69) is 21.1 Å². The first-order valence-electron chi connectivity index (χ1n) is 2.71. The van der Waals surface area contributed by atoms with Gasteiger partial charge in [0, 0.05) is 7.11 Å². The Balaban J connectivity index is 2.83. The highest BCUT2D eigenvalue weighted by Crippen LogP contribution is 1.89. The van der Waals surface area contributed by atoms with Gasteiger partial charge in [0.25, 0.3) is 0 Å². The summed E-state index contributed by atoms with van der Waals surface area (Å²) in [7, 11) is 1.60. The largest absolute Gasteiger partial charge is 0.382 e. The lowest BCUT2D eigenvalue weighted by Gasteiger charge is -2.01. The maximum absolute atomic E-state index is 4.69. The summed E-state index contributed by atoms with van der Waals surface area (Å²) in [6, 6.07) is 0. The van der Waals surface area contributed by atoms with Crippen molar-refractivity contribution < 1.29 is 14.5 Å². The third-order valence-electron chi connectivity index (χ3n) is 0.572. The van der Waals surface area contributed by atoms with Crippen LogP contribution in [0.2, 0.25) is 0 Å². The molecule has 0 rings (SSSR count). The van der Waals surface area contributed by atoms with Crippen molar-refractivity contribution in [3.05, 3.63) is 12.3 Å². The van der Waals surface area contributed by atoms with Crippen LogP contribution >= 0.6 is 0 Å². The van der Waals surface area contributed by atoms with Crippen molar-refractivity contribution in [2.75, 3.05) is 20.3 Å². The second kappa shape index (κ2) is 5.59. The molecule has 0 saturated heterocycles. The third kappa shape index (κ3) is 7.46. The highest BCUT2D eigenvalue weighted by atomic mass is 17.2. The number of hydrogen-bond donors (Lipinski definition) is 0.